The number of imidazole rings is 1. The molecule has 2 aromatic carbocycles. The summed E-state index contributed by atoms with van der Waals surface area (Å²) < 4.78 is 7.67. The molecule has 0 amide bonds. The normalized spacial score (nSPS) is 14.5. The highest BCUT2D eigenvalue weighted by Crippen LogP contribution is 2.30. The van der Waals surface area contributed by atoms with Gasteiger partial charge in [-0.05, 0) is 41.5 Å². The van der Waals surface area contributed by atoms with Crippen LogP contribution in [0.3, 0.4) is 0 Å². The molecular weight excluding hydrogens is 384 g/mol. The highest BCUT2D eigenvalue weighted by molar-refractivity contribution is 5.94. The van der Waals surface area contributed by atoms with E-state index in [9.17, 15) is 0 Å². The molecule has 5 aromatic rings. The van der Waals surface area contributed by atoms with Crippen LogP contribution in [-0.4, -0.2) is 40.7 Å². The van der Waals surface area contributed by atoms with Crippen LogP contribution in [-0.2, 0) is 11.2 Å². The molecule has 0 unspecified atom stereocenters. The zero-order valence-electron chi connectivity index (χ0n) is 17.3. The summed E-state index contributed by atoms with van der Waals surface area (Å²) in [4.78, 5) is 10.4. The van der Waals surface area contributed by atoms with Crippen molar-refractivity contribution in [1.82, 2.24) is 14.4 Å². The Labute approximate surface area is 180 Å². The number of nitrogens with zero attached hydrogens (tertiary/aromatic N) is 3. The molecule has 0 bridgehead atoms. The third-order valence-corrected chi connectivity index (χ3v) is 6.21. The second kappa shape index (κ2) is 7.60. The number of benzene rings is 2. The molecule has 154 valence electrons. The van der Waals surface area contributed by atoms with Gasteiger partial charge < -0.3 is 14.6 Å². The highest BCUT2D eigenvalue weighted by atomic mass is 16.5. The van der Waals surface area contributed by atoms with Crippen LogP contribution in [0.2, 0.25) is 0 Å². The molecule has 5 heteroatoms. The largest absolute Gasteiger partial charge is 0.378 e. The van der Waals surface area contributed by atoms with Crippen molar-refractivity contribution in [2.45, 2.75) is 6.42 Å². The Morgan fingerprint density at radius 1 is 0.935 bits per heavy atom. The number of nitrogens with one attached hydrogen (secondary N) is 1. The van der Waals surface area contributed by atoms with Gasteiger partial charge in [0.05, 0.1) is 18.9 Å². The Morgan fingerprint density at radius 3 is 2.68 bits per heavy atom. The van der Waals surface area contributed by atoms with Gasteiger partial charge in [-0.15, -0.1) is 0 Å². The highest BCUT2D eigenvalue weighted by Gasteiger charge is 2.13. The average molecular weight is 409 g/mol. The smallest absolute Gasteiger partial charge is 0.140 e. The molecule has 6 rings (SSSR count). The molecule has 1 fully saturated rings. The summed E-state index contributed by atoms with van der Waals surface area (Å²) in [5.74, 6) is 0. The maximum absolute atomic E-state index is 5.47. The minimum absolute atomic E-state index is 0.808. The minimum atomic E-state index is 0.808. The molecule has 1 aliphatic rings. The number of H-pyrrole nitrogens is 1. The third kappa shape index (κ3) is 3.27. The topological polar surface area (TPSA) is 45.6 Å². The summed E-state index contributed by atoms with van der Waals surface area (Å²) in [6, 6.07) is 21.9. The lowest BCUT2D eigenvalue weighted by Gasteiger charge is -2.28. The van der Waals surface area contributed by atoms with E-state index in [1.165, 1.54) is 27.8 Å². The molecule has 1 saturated heterocycles. The molecular formula is C26H24N4O. The van der Waals surface area contributed by atoms with E-state index in [4.69, 9.17) is 9.72 Å². The van der Waals surface area contributed by atoms with Crippen LogP contribution in [0.25, 0.3) is 27.8 Å². The standard InChI is InChI=1S/C26H24N4O/c1-2-23(22-10-11-27-24(22)3-1)25-9-6-20(26-28-12-13-30(25)26)18-19-4-7-21(8-5-19)29-14-16-31-17-15-29/h1-13,27H,14-18H2. The van der Waals surface area contributed by atoms with Gasteiger partial charge in [-0.2, -0.15) is 0 Å². The van der Waals surface area contributed by atoms with Crippen molar-refractivity contribution in [3.8, 4) is 11.3 Å². The van der Waals surface area contributed by atoms with Crippen molar-refractivity contribution in [2.24, 2.45) is 0 Å². The number of aromatic amines is 1. The summed E-state index contributed by atoms with van der Waals surface area (Å²) in [5.41, 5.74) is 8.33. The summed E-state index contributed by atoms with van der Waals surface area (Å²) in [7, 11) is 0. The van der Waals surface area contributed by atoms with Crippen LogP contribution in [0.5, 0.6) is 0 Å². The second-order valence-electron chi connectivity index (χ2n) is 8.05. The maximum atomic E-state index is 5.47. The van der Waals surface area contributed by atoms with Crippen molar-refractivity contribution >= 4 is 22.2 Å². The first kappa shape index (κ1) is 18.2. The quantitative estimate of drug-likeness (QED) is 0.460. The number of morpholine rings is 1. The second-order valence-corrected chi connectivity index (χ2v) is 8.05. The van der Waals surface area contributed by atoms with E-state index in [0.717, 1.165) is 49.6 Å². The van der Waals surface area contributed by atoms with E-state index in [1.54, 1.807) is 0 Å². The first-order chi connectivity index (χ1) is 15.4. The van der Waals surface area contributed by atoms with Gasteiger partial charge in [-0.1, -0.05) is 30.3 Å². The van der Waals surface area contributed by atoms with Gasteiger partial charge in [0.25, 0.3) is 0 Å². The lowest BCUT2D eigenvalue weighted by Crippen LogP contribution is -2.36. The van der Waals surface area contributed by atoms with E-state index < -0.39 is 0 Å². The van der Waals surface area contributed by atoms with Crippen molar-refractivity contribution in [1.29, 1.82) is 0 Å². The monoisotopic (exact) mass is 408 g/mol. The van der Waals surface area contributed by atoms with Crippen molar-refractivity contribution in [2.75, 3.05) is 31.2 Å². The fourth-order valence-corrected chi connectivity index (χ4v) is 4.60. The van der Waals surface area contributed by atoms with Gasteiger partial charge in [-0.25, -0.2) is 4.98 Å². The summed E-state index contributed by atoms with van der Waals surface area (Å²) in [5, 5.41) is 1.23. The van der Waals surface area contributed by atoms with E-state index >= 15 is 0 Å². The first-order valence-corrected chi connectivity index (χ1v) is 10.8. The van der Waals surface area contributed by atoms with Gasteiger partial charge in [0, 0.05) is 60.3 Å². The number of rotatable bonds is 4. The molecule has 0 saturated carbocycles. The van der Waals surface area contributed by atoms with Crippen molar-refractivity contribution in [3.63, 3.8) is 0 Å². The lowest BCUT2D eigenvalue weighted by atomic mass is 10.0. The Bertz CT molecular complexity index is 1340. The summed E-state index contributed by atoms with van der Waals surface area (Å²) in [6.45, 7) is 3.54. The molecule has 0 spiro atoms. The first-order valence-electron chi connectivity index (χ1n) is 10.8. The van der Waals surface area contributed by atoms with E-state index in [2.05, 4.69) is 81.1 Å². The van der Waals surface area contributed by atoms with Crippen LogP contribution < -0.4 is 4.90 Å². The van der Waals surface area contributed by atoms with Crippen LogP contribution in [0.4, 0.5) is 5.69 Å². The zero-order valence-corrected chi connectivity index (χ0v) is 17.3. The van der Waals surface area contributed by atoms with Crippen molar-refractivity contribution < 1.29 is 4.74 Å². The molecule has 5 nitrogen and oxygen atoms in total. The molecule has 1 aliphatic heterocycles. The third-order valence-electron chi connectivity index (χ3n) is 6.21. The summed E-state index contributed by atoms with van der Waals surface area (Å²) >= 11 is 0. The molecule has 1 N–H and O–H groups in total. The Hall–Kier alpha value is -3.57. The molecule has 31 heavy (non-hydrogen) atoms. The number of aromatic nitrogens is 3. The number of pyridine rings is 1. The van der Waals surface area contributed by atoms with Crippen LogP contribution in [0.15, 0.2) is 79.3 Å². The van der Waals surface area contributed by atoms with E-state index in [0.29, 0.717) is 0 Å². The maximum Gasteiger partial charge on any atom is 0.140 e. The molecule has 0 atom stereocenters. The van der Waals surface area contributed by atoms with Crippen LogP contribution in [0, 0.1) is 0 Å². The number of fused-ring (bicyclic) bond motifs is 2. The van der Waals surface area contributed by atoms with Crippen LogP contribution in [0.1, 0.15) is 11.1 Å². The molecule has 0 aliphatic carbocycles. The summed E-state index contributed by atoms with van der Waals surface area (Å²) in [6.07, 6.45) is 6.80. The predicted molar refractivity (Wildman–Crippen MR) is 125 cm³/mol. The number of hydrogen-bond donors (Lipinski definition) is 1. The molecule has 0 radical (unpaired) electrons. The number of ether oxygens (including phenoxy) is 1. The molecule has 3 aromatic heterocycles. The van der Waals surface area contributed by atoms with Crippen molar-refractivity contribution in [3.05, 3.63) is 90.4 Å². The minimum Gasteiger partial charge on any atom is -0.378 e. The Morgan fingerprint density at radius 2 is 1.81 bits per heavy atom. The van der Waals surface area contributed by atoms with E-state index in [-0.39, 0.29) is 0 Å². The zero-order chi connectivity index (χ0) is 20.6. The van der Waals surface area contributed by atoms with Crippen LogP contribution >= 0.6 is 0 Å². The van der Waals surface area contributed by atoms with Gasteiger partial charge in [0.15, 0.2) is 0 Å². The van der Waals surface area contributed by atoms with Gasteiger partial charge in [0.2, 0.25) is 0 Å². The van der Waals surface area contributed by atoms with Gasteiger partial charge in [0.1, 0.15) is 5.65 Å². The van der Waals surface area contributed by atoms with Gasteiger partial charge >= 0.3 is 0 Å². The SMILES string of the molecule is c1cc(-c2ccc(Cc3ccc(N4CCOCC4)cc3)c3nccn23)c2cc[nH]c2c1. The lowest BCUT2D eigenvalue weighted by molar-refractivity contribution is 0.122. The fraction of sp³-hybridized carbons (Fsp3) is 0.192. The molecule has 4 heterocycles. The van der Waals surface area contributed by atoms with E-state index in [1.807, 2.05) is 12.4 Å². The predicted octanol–water partition coefficient (Wildman–Crippen LogP) is 4.91. The Balaban J connectivity index is 1.33. The number of anilines is 1. The average Bonchev–Trinajstić information content (AvgIpc) is 3.50. The fourth-order valence-electron chi connectivity index (χ4n) is 4.60. The number of hydrogen-bond acceptors (Lipinski definition) is 3. The van der Waals surface area contributed by atoms with Gasteiger partial charge in [-0.3, -0.25) is 4.40 Å². The Kier molecular flexibility index (Phi) is 4.47.